The quantitative estimate of drug-likeness (QED) is 0.571. The zero-order valence-corrected chi connectivity index (χ0v) is 8.67. The standard InChI is InChI=1S/C10H14N2O4/c13-6-1-2-7(8(14)5-6)12-4-3-9(15)11-10(12)16/h3-4,6-8,13-14H,1-2,5H2,(H,11,15,16)/t6-,7+,8?/m0/s1. The van der Waals surface area contributed by atoms with Crippen LogP contribution in [0.15, 0.2) is 21.9 Å². The van der Waals surface area contributed by atoms with Crippen LogP contribution in [0.2, 0.25) is 0 Å². The molecule has 1 aromatic rings. The van der Waals surface area contributed by atoms with E-state index in [4.69, 9.17) is 0 Å². The first-order chi connectivity index (χ1) is 7.58. The Morgan fingerprint density at radius 1 is 1.31 bits per heavy atom. The molecule has 6 heteroatoms. The van der Waals surface area contributed by atoms with Gasteiger partial charge in [-0.2, -0.15) is 0 Å². The lowest BCUT2D eigenvalue weighted by molar-refractivity contribution is 0.00458. The summed E-state index contributed by atoms with van der Waals surface area (Å²) in [5, 5.41) is 19.1. The Labute approximate surface area is 91.2 Å². The van der Waals surface area contributed by atoms with Gasteiger partial charge in [0.15, 0.2) is 0 Å². The van der Waals surface area contributed by atoms with Crippen LogP contribution in [0.3, 0.4) is 0 Å². The van der Waals surface area contributed by atoms with Crippen LogP contribution in [0.5, 0.6) is 0 Å². The molecule has 0 bridgehead atoms. The van der Waals surface area contributed by atoms with Gasteiger partial charge in [-0.3, -0.25) is 14.3 Å². The number of rotatable bonds is 1. The fourth-order valence-corrected chi connectivity index (χ4v) is 2.12. The van der Waals surface area contributed by atoms with E-state index < -0.39 is 23.5 Å². The molecule has 6 nitrogen and oxygen atoms in total. The lowest BCUT2D eigenvalue weighted by Gasteiger charge is -2.31. The number of aromatic nitrogens is 2. The predicted octanol–water partition coefficient (Wildman–Crippen LogP) is -1.02. The Morgan fingerprint density at radius 3 is 2.69 bits per heavy atom. The van der Waals surface area contributed by atoms with Gasteiger partial charge < -0.3 is 10.2 Å². The monoisotopic (exact) mass is 226 g/mol. The van der Waals surface area contributed by atoms with E-state index in [1.54, 1.807) is 0 Å². The van der Waals surface area contributed by atoms with Crippen LogP contribution < -0.4 is 11.2 Å². The highest BCUT2D eigenvalue weighted by molar-refractivity contribution is 4.91. The second kappa shape index (κ2) is 4.23. The first-order valence-electron chi connectivity index (χ1n) is 5.25. The molecule has 88 valence electrons. The maximum absolute atomic E-state index is 11.5. The molecule has 0 saturated heterocycles. The minimum atomic E-state index is -0.757. The number of aliphatic hydroxyl groups is 2. The molecule has 1 heterocycles. The van der Waals surface area contributed by atoms with Crippen molar-refractivity contribution in [3.8, 4) is 0 Å². The smallest absolute Gasteiger partial charge is 0.328 e. The van der Waals surface area contributed by atoms with Gasteiger partial charge >= 0.3 is 5.69 Å². The van der Waals surface area contributed by atoms with Gasteiger partial charge in [-0.25, -0.2) is 4.79 Å². The van der Waals surface area contributed by atoms with Crippen molar-refractivity contribution in [1.29, 1.82) is 0 Å². The number of aromatic amines is 1. The van der Waals surface area contributed by atoms with Crippen LogP contribution >= 0.6 is 0 Å². The van der Waals surface area contributed by atoms with E-state index in [0.717, 1.165) is 0 Å². The van der Waals surface area contributed by atoms with E-state index in [9.17, 15) is 19.8 Å². The molecular weight excluding hydrogens is 212 g/mol. The van der Waals surface area contributed by atoms with Gasteiger partial charge in [0, 0.05) is 18.7 Å². The second-order valence-corrected chi connectivity index (χ2v) is 4.12. The maximum atomic E-state index is 11.5. The molecule has 1 aromatic heterocycles. The van der Waals surface area contributed by atoms with Gasteiger partial charge in [-0.05, 0) is 12.8 Å². The lowest BCUT2D eigenvalue weighted by Crippen LogP contribution is -2.40. The zero-order valence-electron chi connectivity index (χ0n) is 8.67. The van der Waals surface area contributed by atoms with E-state index in [2.05, 4.69) is 4.98 Å². The van der Waals surface area contributed by atoms with Crippen LogP contribution in [0.25, 0.3) is 0 Å². The fourth-order valence-electron chi connectivity index (χ4n) is 2.12. The summed E-state index contributed by atoms with van der Waals surface area (Å²) in [5.74, 6) is 0. The molecule has 0 spiro atoms. The number of H-pyrrole nitrogens is 1. The topological polar surface area (TPSA) is 95.3 Å². The van der Waals surface area contributed by atoms with Gasteiger partial charge in [0.05, 0.1) is 18.2 Å². The molecule has 16 heavy (non-hydrogen) atoms. The van der Waals surface area contributed by atoms with Crippen LogP contribution in [0.1, 0.15) is 25.3 Å². The van der Waals surface area contributed by atoms with Crippen molar-refractivity contribution < 1.29 is 10.2 Å². The number of aliphatic hydroxyl groups excluding tert-OH is 2. The van der Waals surface area contributed by atoms with Gasteiger partial charge in [0.2, 0.25) is 0 Å². The summed E-state index contributed by atoms with van der Waals surface area (Å²) >= 11 is 0. The van der Waals surface area contributed by atoms with Gasteiger partial charge in [-0.15, -0.1) is 0 Å². The highest BCUT2D eigenvalue weighted by Gasteiger charge is 2.29. The van der Waals surface area contributed by atoms with Crippen molar-refractivity contribution in [2.24, 2.45) is 0 Å². The van der Waals surface area contributed by atoms with Crippen molar-refractivity contribution in [2.45, 2.75) is 37.5 Å². The predicted molar refractivity (Wildman–Crippen MR) is 56.2 cm³/mol. The van der Waals surface area contributed by atoms with Crippen molar-refractivity contribution in [3.63, 3.8) is 0 Å². The molecule has 1 aliphatic carbocycles. The molecule has 0 aromatic carbocycles. The second-order valence-electron chi connectivity index (χ2n) is 4.12. The minimum absolute atomic E-state index is 0.260. The molecule has 3 atom stereocenters. The number of nitrogens with one attached hydrogen (secondary N) is 1. The summed E-state index contributed by atoms with van der Waals surface area (Å²) in [6.45, 7) is 0. The molecular formula is C10H14N2O4. The van der Waals surface area contributed by atoms with E-state index in [-0.39, 0.29) is 12.5 Å². The highest BCUT2D eigenvalue weighted by Crippen LogP contribution is 2.27. The largest absolute Gasteiger partial charge is 0.393 e. The van der Waals surface area contributed by atoms with Crippen molar-refractivity contribution in [1.82, 2.24) is 9.55 Å². The summed E-state index contributed by atoms with van der Waals surface area (Å²) < 4.78 is 1.32. The van der Waals surface area contributed by atoms with Crippen LogP contribution in [0, 0.1) is 0 Å². The van der Waals surface area contributed by atoms with Crippen LogP contribution in [0.4, 0.5) is 0 Å². The highest BCUT2D eigenvalue weighted by atomic mass is 16.3. The maximum Gasteiger partial charge on any atom is 0.328 e. The Balaban J connectivity index is 2.30. The van der Waals surface area contributed by atoms with Crippen molar-refractivity contribution in [3.05, 3.63) is 33.1 Å². The third-order valence-electron chi connectivity index (χ3n) is 2.96. The Bertz CT molecular complexity index is 478. The molecule has 1 aliphatic rings. The van der Waals surface area contributed by atoms with Crippen molar-refractivity contribution >= 4 is 0 Å². The van der Waals surface area contributed by atoms with E-state index in [1.165, 1.54) is 16.8 Å². The summed E-state index contributed by atoms with van der Waals surface area (Å²) in [5.41, 5.74) is -0.973. The summed E-state index contributed by atoms with van der Waals surface area (Å²) in [7, 11) is 0. The molecule has 2 rings (SSSR count). The van der Waals surface area contributed by atoms with Crippen LogP contribution in [-0.4, -0.2) is 32.0 Å². The SMILES string of the molecule is O=c1ccn([C@@H]2CC[C@H](O)CC2O)c(=O)[nH]1. The first-order valence-corrected chi connectivity index (χ1v) is 5.25. The molecule has 1 fully saturated rings. The van der Waals surface area contributed by atoms with Gasteiger partial charge in [0.25, 0.3) is 5.56 Å². The average molecular weight is 226 g/mol. The van der Waals surface area contributed by atoms with Crippen molar-refractivity contribution in [2.75, 3.05) is 0 Å². The number of hydrogen-bond donors (Lipinski definition) is 3. The average Bonchev–Trinajstić information content (AvgIpc) is 2.19. The summed E-state index contributed by atoms with van der Waals surface area (Å²) in [6, 6.07) is 0.881. The minimum Gasteiger partial charge on any atom is -0.393 e. The van der Waals surface area contributed by atoms with Gasteiger partial charge in [0.1, 0.15) is 0 Å². The summed E-state index contributed by atoms with van der Waals surface area (Å²) in [6.07, 6.45) is 1.45. The molecule has 1 unspecified atom stereocenters. The molecule has 0 amide bonds. The number of hydrogen-bond acceptors (Lipinski definition) is 4. The van der Waals surface area contributed by atoms with Gasteiger partial charge in [-0.1, -0.05) is 0 Å². The van der Waals surface area contributed by atoms with Crippen LogP contribution in [-0.2, 0) is 0 Å². The van der Waals surface area contributed by atoms with E-state index in [0.29, 0.717) is 12.8 Å². The Morgan fingerprint density at radius 2 is 2.06 bits per heavy atom. The Kier molecular flexibility index (Phi) is 2.93. The zero-order chi connectivity index (χ0) is 11.7. The molecule has 0 radical (unpaired) electrons. The number of nitrogens with zero attached hydrogens (tertiary/aromatic N) is 1. The third-order valence-corrected chi connectivity index (χ3v) is 2.96. The summed E-state index contributed by atoms with van der Waals surface area (Å²) in [4.78, 5) is 24.5. The third kappa shape index (κ3) is 2.07. The van der Waals surface area contributed by atoms with E-state index in [1.807, 2.05) is 0 Å². The first kappa shape index (κ1) is 11.1. The molecule has 3 N–H and O–H groups in total. The fraction of sp³-hybridized carbons (Fsp3) is 0.600. The van der Waals surface area contributed by atoms with E-state index >= 15 is 0 Å². The Hall–Kier alpha value is -1.40. The molecule has 0 aliphatic heterocycles. The molecule has 1 saturated carbocycles. The normalized spacial score (nSPS) is 30.2. The lowest BCUT2D eigenvalue weighted by atomic mass is 9.90.